The Bertz CT molecular complexity index is 555. The second-order valence-corrected chi connectivity index (χ2v) is 4.80. The largest absolute Gasteiger partial charge is 0.327 e. The van der Waals surface area contributed by atoms with E-state index in [1.54, 1.807) is 24.3 Å². The molecule has 1 rings (SSSR count). The Morgan fingerprint density at radius 1 is 1.32 bits per heavy atom. The van der Waals surface area contributed by atoms with Crippen LogP contribution in [0, 0.1) is 22.8 Å². The van der Waals surface area contributed by atoms with E-state index in [2.05, 4.69) is 11.5 Å². The smallest absolute Gasteiger partial charge is 0.309 e. The number of benzene rings is 1. The molecular formula is C14H18N5+. The van der Waals surface area contributed by atoms with Crippen molar-refractivity contribution >= 4 is 11.6 Å². The van der Waals surface area contributed by atoms with Crippen LogP contribution in [0.5, 0.6) is 0 Å². The molecule has 0 radical (unpaired) electrons. The predicted octanol–water partition coefficient (Wildman–Crippen LogP) is 1.97. The SMILES string of the molecule is CCC(C)(C)[N+](C#N)=C(N)Nc1ccc(C#N)cc1. The van der Waals surface area contributed by atoms with Crippen LogP contribution in [0.25, 0.3) is 0 Å². The molecule has 0 aliphatic heterocycles. The highest BCUT2D eigenvalue weighted by Gasteiger charge is 2.26. The van der Waals surface area contributed by atoms with Gasteiger partial charge in [-0.3, -0.25) is 5.32 Å². The summed E-state index contributed by atoms with van der Waals surface area (Å²) in [6.45, 7) is 5.90. The van der Waals surface area contributed by atoms with Crippen LogP contribution in [0.1, 0.15) is 32.8 Å². The van der Waals surface area contributed by atoms with Gasteiger partial charge in [0.25, 0.3) is 0 Å². The van der Waals surface area contributed by atoms with E-state index in [-0.39, 0.29) is 11.5 Å². The van der Waals surface area contributed by atoms with Crippen LogP contribution in [0.15, 0.2) is 24.3 Å². The van der Waals surface area contributed by atoms with E-state index in [1.165, 1.54) is 4.58 Å². The van der Waals surface area contributed by atoms with E-state index in [0.717, 1.165) is 12.1 Å². The van der Waals surface area contributed by atoms with E-state index >= 15 is 0 Å². The molecule has 0 atom stereocenters. The first-order chi connectivity index (χ1) is 8.94. The molecule has 0 aromatic heterocycles. The summed E-state index contributed by atoms with van der Waals surface area (Å²) in [6, 6.07) is 8.93. The standard InChI is InChI=1S/C14H17N5/c1-4-14(2,3)19(10-16)13(17)18-12-7-5-11(9-15)6-8-12/h5-8H,4H2,1-3H3,(H2,17,18)/p+1. The number of hydrogen-bond donors (Lipinski definition) is 2. The number of nitrogens with one attached hydrogen (secondary N) is 1. The molecule has 0 heterocycles. The molecule has 0 aliphatic carbocycles. The van der Waals surface area contributed by atoms with Gasteiger partial charge in [-0.1, -0.05) is 6.92 Å². The van der Waals surface area contributed by atoms with Gasteiger partial charge in [0.2, 0.25) is 0 Å². The fraction of sp³-hybridized carbons (Fsp3) is 0.357. The third-order valence-corrected chi connectivity index (χ3v) is 3.10. The van der Waals surface area contributed by atoms with Crippen molar-refractivity contribution in [3.63, 3.8) is 0 Å². The summed E-state index contributed by atoms with van der Waals surface area (Å²) < 4.78 is 1.45. The molecule has 5 heteroatoms. The molecule has 98 valence electrons. The lowest BCUT2D eigenvalue weighted by atomic mass is 10.0. The van der Waals surface area contributed by atoms with Gasteiger partial charge in [0.05, 0.1) is 22.9 Å². The third-order valence-electron chi connectivity index (χ3n) is 3.10. The first-order valence-corrected chi connectivity index (χ1v) is 6.04. The number of nitriles is 2. The first kappa shape index (κ1) is 14.5. The van der Waals surface area contributed by atoms with Gasteiger partial charge in [-0.15, -0.1) is 0 Å². The van der Waals surface area contributed by atoms with E-state index in [9.17, 15) is 5.26 Å². The van der Waals surface area contributed by atoms with Crippen molar-refractivity contribution in [3.8, 4) is 12.3 Å². The van der Waals surface area contributed by atoms with E-state index < -0.39 is 0 Å². The molecule has 3 N–H and O–H groups in total. The lowest BCUT2D eigenvalue weighted by Crippen LogP contribution is -2.43. The van der Waals surface area contributed by atoms with Gasteiger partial charge >= 0.3 is 12.2 Å². The monoisotopic (exact) mass is 256 g/mol. The molecule has 1 aromatic carbocycles. The van der Waals surface area contributed by atoms with Crippen molar-refractivity contribution in [1.82, 2.24) is 0 Å². The van der Waals surface area contributed by atoms with E-state index in [4.69, 9.17) is 11.0 Å². The van der Waals surface area contributed by atoms with Crippen LogP contribution in [-0.2, 0) is 0 Å². The van der Waals surface area contributed by atoms with Gasteiger partial charge < -0.3 is 5.73 Å². The summed E-state index contributed by atoms with van der Waals surface area (Å²) in [4.78, 5) is 0. The van der Waals surface area contributed by atoms with Gasteiger partial charge in [0.15, 0.2) is 0 Å². The highest BCUT2D eigenvalue weighted by Crippen LogP contribution is 2.14. The van der Waals surface area contributed by atoms with Gasteiger partial charge in [-0.2, -0.15) is 9.84 Å². The molecule has 0 unspecified atom stereocenters. The molecule has 0 amide bonds. The molecule has 0 aliphatic rings. The Morgan fingerprint density at radius 3 is 2.32 bits per heavy atom. The van der Waals surface area contributed by atoms with Gasteiger partial charge in [0.1, 0.15) is 0 Å². The predicted molar refractivity (Wildman–Crippen MR) is 74.2 cm³/mol. The summed E-state index contributed by atoms with van der Waals surface area (Å²) in [5.74, 6) is 0.277. The molecule has 5 nitrogen and oxygen atoms in total. The van der Waals surface area contributed by atoms with Crippen molar-refractivity contribution in [1.29, 1.82) is 10.5 Å². The van der Waals surface area contributed by atoms with E-state index in [0.29, 0.717) is 5.56 Å². The lowest BCUT2D eigenvalue weighted by Gasteiger charge is -2.22. The summed E-state index contributed by atoms with van der Waals surface area (Å²) in [5, 5.41) is 20.9. The van der Waals surface area contributed by atoms with Crippen LogP contribution >= 0.6 is 0 Å². The van der Waals surface area contributed by atoms with E-state index in [1.807, 2.05) is 26.8 Å². The molecular weight excluding hydrogens is 238 g/mol. The summed E-state index contributed by atoms with van der Waals surface area (Å²) in [7, 11) is 0. The van der Waals surface area contributed by atoms with Crippen molar-refractivity contribution in [2.75, 3.05) is 5.32 Å². The second-order valence-electron chi connectivity index (χ2n) is 4.80. The molecule has 0 bridgehead atoms. The molecule has 19 heavy (non-hydrogen) atoms. The van der Waals surface area contributed by atoms with Gasteiger partial charge in [-0.05, 0) is 49.8 Å². The molecule has 0 spiro atoms. The van der Waals surface area contributed by atoms with Crippen molar-refractivity contribution in [3.05, 3.63) is 29.8 Å². The Hall–Kier alpha value is -2.53. The fourth-order valence-electron chi connectivity index (χ4n) is 1.51. The minimum absolute atomic E-state index is 0.277. The maximum Gasteiger partial charge on any atom is 0.327 e. The highest BCUT2D eigenvalue weighted by molar-refractivity contribution is 5.88. The zero-order chi connectivity index (χ0) is 14.5. The van der Waals surface area contributed by atoms with Crippen LogP contribution in [0.4, 0.5) is 5.69 Å². The van der Waals surface area contributed by atoms with Crippen LogP contribution < -0.4 is 11.1 Å². The Labute approximate surface area is 113 Å². The lowest BCUT2D eigenvalue weighted by molar-refractivity contribution is -0.525. The maximum atomic E-state index is 9.22. The topological polar surface area (TPSA) is 88.6 Å². The first-order valence-electron chi connectivity index (χ1n) is 6.04. The quantitative estimate of drug-likeness (QED) is 0.284. The number of hydrogen-bond acceptors (Lipinski definition) is 2. The van der Waals surface area contributed by atoms with Crippen molar-refractivity contribution < 1.29 is 4.58 Å². The highest BCUT2D eigenvalue weighted by atomic mass is 15.2. The number of nitrogens with zero attached hydrogens (tertiary/aromatic N) is 3. The Balaban J connectivity index is 3.02. The average Bonchev–Trinajstić information content (AvgIpc) is 2.40. The minimum atomic E-state index is -0.349. The molecule has 0 saturated carbocycles. The summed E-state index contributed by atoms with van der Waals surface area (Å²) >= 11 is 0. The number of guanidine groups is 1. The molecule has 0 saturated heterocycles. The molecule has 1 aromatic rings. The van der Waals surface area contributed by atoms with Gasteiger partial charge in [0, 0.05) is 0 Å². The Kier molecular flexibility index (Phi) is 4.50. The molecule has 0 fully saturated rings. The normalized spacial score (nSPS) is 12.1. The second kappa shape index (κ2) is 5.88. The zero-order valence-corrected chi connectivity index (χ0v) is 11.4. The number of nitrogens with two attached hydrogens (primary N) is 1. The summed E-state index contributed by atoms with van der Waals surface area (Å²) in [6.07, 6.45) is 2.88. The Morgan fingerprint density at radius 2 is 1.89 bits per heavy atom. The maximum absolute atomic E-state index is 9.22. The number of anilines is 1. The fourth-order valence-corrected chi connectivity index (χ4v) is 1.51. The number of rotatable bonds is 3. The van der Waals surface area contributed by atoms with Gasteiger partial charge in [-0.25, -0.2) is 0 Å². The minimum Gasteiger partial charge on any atom is -0.309 e. The zero-order valence-electron chi connectivity index (χ0n) is 11.4. The van der Waals surface area contributed by atoms with Crippen LogP contribution in [-0.4, -0.2) is 16.1 Å². The van der Waals surface area contributed by atoms with Crippen LogP contribution in [0.3, 0.4) is 0 Å². The average molecular weight is 256 g/mol. The van der Waals surface area contributed by atoms with Crippen molar-refractivity contribution in [2.24, 2.45) is 5.73 Å². The van der Waals surface area contributed by atoms with Crippen molar-refractivity contribution in [2.45, 2.75) is 32.7 Å². The third kappa shape index (κ3) is 3.46. The van der Waals surface area contributed by atoms with Crippen LogP contribution in [0.2, 0.25) is 0 Å². The summed E-state index contributed by atoms with van der Waals surface area (Å²) in [5.41, 5.74) is 6.91.